The molecule has 0 fully saturated rings. The van der Waals surface area contributed by atoms with Crippen LogP contribution in [0, 0.1) is 0 Å². The monoisotopic (exact) mass is 798 g/mol. The Hall–Kier alpha value is -1.77. The van der Waals surface area contributed by atoms with Gasteiger partial charge in [-0.3, -0.25) is 18.6 Å². The average Bonchev–Trinajstić information content (AvgIpc) is 3.17. The van der Waals surface area contributed by atoms with Gasteiger partial charge in [0.1, 0.15) is 6.61 Å². The van der Waals surface area contributed by atoms with Crippen LogP contribution in [0.1, 0.15) is 206 Å². The second-order valence-corrected chi connectivity index (χ2v) is 16.4. The Morgan fingerprint density at radius 1 is 0.545 bits per heavy atom. The Balaban J connectivity index is 4.15. The van der Waals surface area contributed by atoms with Gasteiger partial charge in [-0.15, -0.1) is 0 Å². The fraction of sp³-hybridized carbons (Fsp3) is 0.822. The molecular formula is C45H84NO8P. The van der Waals surface area contributed by atoms with E-state index in [1.165, 1.54) is 116 Å². The Bertz CT molecular complexity index is 1000. The summed E-state index contributed by atoms with van der Waals surface area (Å²) in [6.07, 6.45) is 46.0. The standard InChI is InChI=1S/C45H84NO8P/c1-3-5-7-9-11-13-15-17-19-20-21-22-24-26-28-30-32-34-36-38-45(48)54-43(42-53-55(49,50)52-40-39-46)41-51-44(47)37-35-33-31-29-27-25-23-18-16-14-12-10-8-6-4-2/h11,13,17,19,27,29,43H,3-10,12,14-16,18,20-26,28,30-42,46H2,1-2H3,(H,49,50)/b13-11+,19-17+,29-27+/t43-/m1/s1. The highest BCUT2D eigenvalue weighted by molar-refractivity contribution is 7.47. The largest absolute Gasteiger partial charge is 0.472 e. The highest BCUT2D eigenvalue weighted by Crippen LogP contribution is 2.43. The molecule has 0 aliphatic heterocycles. The third-order valence-corrected chi connectivity index (χ3v) is 10.5. The molecule has 0 saturated heterocycles. The molecule has 9 nitrogen and oxygen atoms in total. The quantitative estimate of drug-likeness (QED) is 0.0268. The van der Waals surface area contributed by atoms with Crippen LogP contribution in [0.3, 0.4) is 0 Å². The van der Waals surface area contributed by atoms with Gasteiger partial charge in [0.25, 0.3) is 0 Å². The minimum absolute atomic E-state index is 0.0502. The summed E-state index contributed by atoms with van der Waals surface area (Å²) in [5.74, 6) is -0.855. The number of carbonyl (C=O) groups is 2. The molecule has 0 amide bonds. The van der Waals surface area contributed by atoms with Gasteiger partial charge in [0, 0.05) is 19.4 Å². The number of ether oxygens (including phenoxy) is 2. The number of carbonyl (C=O) groups excluding carboxylic acids is 2. The van der Waals surface area contributed by atoms with E-state index in [0.717, 1.165) is 51.4 Å². The number of hydrogen-bond acceptors (Lipinski definition) is 8. The van der Waals surface area contributed by atoms with E-state index >= 15 is 0 Å². The maximum absolute atomic E-state index is 12.6. The summed E-state index contributed by atoms with van der Waals surface area (Å²) < 4.78 is 32.8. The second kappa shape index (κ2) is 41.9. The smallest absolute Gasteiger partial charge is 0.462 e. The minimum atomic E-state index is -4.38. The molecule has 2 atom stereocenters. The van der Waals surface area contributed by atoms with E-state index in [0.29, 0.717) is 12.8 Å². The molecule has 0 spiro atoms. The van der Waals surface area contributed by atoms with Gasteiger partial charge in [-0.05, 0) is 70.6 Å². The third kappa shape index (κ3) is 41.7. The number of unbranched alkanes of at least 4 members (excludes halogenated alkanes) is 23. The summed E-state index contributed by atoms with van der Waals surface area (Å²) in [6, 6.07) is 0. The van der Waals surface area contributed by atoms with Crippen molar-refractivity contribution in [3.8, 4) is 0 Å². The van der Waals surface area contributed by atoms with Crippen molar-refractivity contribution in [2.24, 2.45) is 5.73 Å². The second-order valence-electron chi connectivity index (χ2n) is 14.9. The van der Waals surface area contributed by atoms with Crippen molar-refractivity contribution in [2.75, 3.05) is 26.4 Å². The summed E-state index contributed by atoms with van der Waals surface area (Å²) in [5, 5.41) is 0. The number of hydrogen-bond donors (Lipinski definition) is 2. The van der Waals surface area contributed by atoms with Gasteiger partial charge in [0.05, 0.1) is 13.2 Å². The van der Waals surface area contributed by atoms with E-state index in [2.05, 4.69) is 50.3 Å². The molecule has 0 radical (unpaired) electrons. The predicted molar refractivity (Wildman–Crippen MR) is 229 cm³/mol. The molecule has 0 aliphatic rings. The topological polar surface area (TPSA) is 134 Å². The lowest BCUT2D eigenvalue weighted by molar-refractivity contribution is -0.161. The number of phosphoric ester groups is 1. The zero-order chi connectivity index (χ0) is 40.3. The van der Waals surface area contributed by atoms with Crippen molar-refractivity contribution < 1.29 is 37.6 Å². The van der Waals surface area contributed by atoms with Crippen LogP contribution >= 0.6 is 7.82 Å². The highest BCUT2D eigenvalue weighted by atomic mass is 31.2. The van der Waals surface area contributed by atoms with E-state index < -0.39 is 32.5 Å². The lowest BCUT2D eigenvalue weighted by atomic mass is 10.1. The van der Waals surface area contributed by atoms with Crippen LogP contribution in [0.15, 0.2) is 36.5 Å². The molecule has 0 bridgehead atoms. The van der Waals surface area contributed by atoms with Crippen molar-refractivity contribution in [2.45, 2.75) is 213 Å². The van der Waals surface area contributed by atoms with Crippen LogP contribution < -0.4 is 5.73 Å². The van der Waals surface area contributed by atoms with Gasteiger partial charge < -0.3 is 20.1 Å². The molecule has 0 saturated carbocycles. The lowest BCUT2D eigenvalue weighted by Gasteiger charge is -2.19. The molecule has 0 aromatic carbocycles. The summed E-state index contributed by atoms with van der Waals surface area (Å²) in [7, 11) is -4.38. The lowest BCUT2D eigenvalue weighted by Crippen LogP contribution is -2.29. The van der Waals surface area contributed by atoms with Gasteiger partial charge in [0.15, 0.2) is 6.10 Å². The van der Waals surface area contributed by atoms with E-state index in [1.54, 1.807) is 0 Å². The first-order chi connectivity index (χ1) is 26.8. The Labute approximate surface area is 337 Å². The van der Waals surface area contributed by atoms with E-state index in [-0.39, 0.29) is 32.6 Å². The number of nitrogens with two attached hydrogens (primary N) is 1. The van der Waals surface area contributed by atoms with Crippen molar-refractivity contribution >= 4 is 19.8 Å². The number of rotatable bonds is 42. The van der Waals surface area contributed by atoms with E-state index in [1.807, 2.05) is 0 Å². The van der Waals surface area contributed by atoms with Crippen LogP contribution in [-0.4, -0.2) is 49.3 Å². The van der Waals surface area contributed by atoms with Crippen LogP contribution in [-0.2, 0) is 32.7 Å². The van der Waals surface area contributed by atoms with Gasteiger partial charge in [0.2, 0.25) is 0 Å². The Morgan fingerprint density at radius 2 is 0.945 bits per heavy atom. The summed E-state index contributed by atoms with van der Waals surface area (Å²) in [6.45, 7) is 3.69. The van der Waals surface area contributed by atoms with Crippen LogP contribution in [0.5, 0.6) is 0 Å². The van der Waals surface area contributed by atoms with Gasteiger partial charge >= 0.3 is 19.8 Å². The Morgan fingerprint density at radius 3 is 1.47 bits per heavy atom. The molecule has 0 rings (SSSR count). The Kier molecular flexibility index (Phi) is 40.5. The van der Waals surface area contributed by atoms with Crippen molar-refractivity contribution in [1.29, 1.82) is 0 Å². The van der Waals surface area contributed by atoms with Gasteiger partial charge in [-0.1, -0.05) is 159 Å². The van der Waals surface area contributed by atoms with E-state index in [4.69, 9.17) is 24.3 Å². The third-order valence-electron chi connectivity index (χ3n) is 9.50. The number of allylic oxidation sites excluding steroid dienone is 6. The highest BCUT2D eigenvalue weighted by Gasteiger charge is 2.26. The predicted octanol–water partition coefficient (Wildman–Crippen LogP) is 12.9. The first-order valence-electron chi connectivity index (χ1n) is 22.5. The van der Waals surface area contributed by atoms with Gasteiger partial charge in [-0.25, -0.2) is 4.57 Å². The molecule has 55 heavy (non-hydrogen) atoms. The summed E-state index contributed by atoms with van der Waals surface area (Å²) >= 11 is 0. The molecule has 0 aliphatic carbocycles. The molecule has 3 N–H and O–H groups in total. The first kappa shape index (κ1) is 53.2. The molecule has 0 heterocycles. The average molecular weight is 798 g/mol. The van der Waals surface area contributed by atoms with Crippen molar-refractivity contribution in [3.63, 3.8) is 0 Å². The maximum Gasteiger partial charge on any atom is 0.472 e. The van der Waals surface area contributed by atoms with Crippen molar-refractivity contribution in [1.82, 2.24) is 0 Å². The number of esters is 2. The first-order valence-corrected chi connectivity index (χ1v) is 24.0. The molecule has 0 aromatic rings. The minimum Gasteiger partial charge on any atom is -0.462 e. The number of phosphoric acid groups is 1. The summed E-state index contributed by atoms with van der Waals surface area (Å²) in [4.78, 5) is 34.9. The fourth-order valence-electron chi connectivity index (χ4n) is 6.13. The van der Waals surface area contributed by atoms with Crippen LogP contribution in [0.2, 0.25) is 0 Å². The van der Waals surface area contributed by atoms with Crippen LogP contribution in [0.4, 0.5) is 0 Å². The zero-order valence-corrected chi connectivity index (χ0v) is 36.3. The SMILES string of the molecule is CCCCC/C=C/C/C=C/CCCCCCCCCCCC(=O)O[C@H](COC(=O)CCCC/C=C/CCCCCCCCCCC)COP(=O)(O)OCCN. The molecular weight excluding hydrogens is 713 g/mol. The normalized spacial score (nSPS) is 13.6. The fourth-order valence-corrected chi connectivity index (χ4v) is 6.89. The molecule has 322 valence electrons. The molecule has 10 heteroatoms. The summed E-state index contributed by atoms with van der Waals surface area (Å²) in [5.41, 5.74) is 5.35. The zero-order valence-electron chi connectivity index (χ0n) is 35.4. The maximum atomic E-state index is 12.6. The van der Waals surface area contributed by atoms with Crippen molar-refractivity contribution in [3.05, 3.63) is 36.5 Å². The molecule has 1 unspecified atom stereocenters. The van der Waals surface area contributed by atoms with Gasteiger partial charge in [-0.2, -0.15) is 0 Å². The van der Waals surface area contributed by atoms with Crippen LogP contribution in [0.25, 0.3) is 0 Å². The van der Waals surface area contributed by atoms with E-state index in [9.17, 15) is 19.0 Å². The molecule has 0 aromatic heterocycles.